The fourth-order valence-electron chi connectivity index (χ4n) is 4.15. The van der Waals surface area contributed by atoms with Gasteiger partial charge in [-0.3, -0.25) is 19.2 Å². The van der Waals surface area contributed by atoms with Crippen LogP contribution in [0.1, 0.15) is 46.8 Å². The summed E-state index contributed by atoms with van der Waals surface area (Å²) in [6.07, 6.45) is -0.148. The molecule has 8 nitrogen and oxygen atoms in total. The first-order valence-corrected chi connectivity index (χ1v) is 11.2. The number of nitrogens with one attached hydrogen (secondary N) is 1. The smallest absolute Gasteiger partial charge is 0.305 e. The average Bonchev–Trinajstić information content (AvgIpc) is 3.56. The van der Waals surface area contributed by atoms with Gasteiger partial charge in [0.25, 0.3) is 11.8 Å². The molecule has 2 aromatic rings. The van der Waals surface area contributed by atoms with Gasteiger partial charge in [0.05, 0.1) is 12.5 Å². The number of halogens is 1. The summed E-state index contributed by atoms with van der Waals surface area (Å²) in [5, 5.41) is 12.0. The molecule has 0 bridgehead atoms. The van der Waals surface area contributed by atoms with Crippen molar-refractivity contribution < 1.29 is 28.7 Å². The molecule has 178 valence electrons. The predicted octanol–water partition coefficient (Wildman–Crippen LogP) is 2.49. The minimum atomic E-state index is -1.20. The summed E-state index contributed by atoms with van der Waals surface area (Å²) in [5.41, 5.74) is 1.78. The molecule has 1 aliphatic carbocycles. The van der Waals surface area contributed by atoms with E-state index in [1.54, 1.807) is 24.3 Å². The fourth-order valence-corrected chi connectivity index (χ4v) is 4.15. The topological polar surface area (TPSA) is 107 Å². The van der Waals surface area contributed by atoms with E-state index in [0.29, 0.717) is 11.1 Å². The number of rotatable bonds is 7. The lowest BCUT2D eigenvalue weighted by Gasteiger charge is -2.31. The van der Waals surface area contributed by atoms with Gasteiger partial charge >= 0.3 is 5.97 Å². The molecule has 1 saturated carbocycles. The average molecular weight is 467 g/mol. The van der Waals surface area contributed by atoms with Crippen LogP contribution in [-0.4, -0.2) is 57.9 Å². The van der Waals surface area contributed by atoms with Gasteiger partial charge in [-0.15, -0.1) is 0 Å². The summed E-state index contributed by atoms with van der Waals surface area (Å²) in [7, 11) is 0. The maximum absolute atomic E-state index is 13.5. The summed E-state index contributed by atoms with van der Waals surface area (Å²) in [6.45, 7) is 2.29. The van der Waals surface area contributed by atoms with E-state index in [1.807, 2.05) is 6.92 Å². The molecular formula is C25H26FN3O5. The Morgan fingerprint density at radius 2 is 1.62 bits per heavy atom. The largest absolute Gasteiger partial charge is 0.481 e. The van der Waals surface area contributed by atoms with Gasteiger partial charge in [0.1, 0.15) is 5.82 Å². The molecule has 1 heterocycles. The summed E-state index contributed by atoms with van der Waals surface area (Å²) in [4.78, 5) is 53.9. The molecule has 9 heteroatoms. The zero-order valence-corrected chi connectivity index (χ0v) is 18.7. The number of carboxylic acids is 1. The Balaban J connectivity index is 1.61. The van der Waals surface area contributed by atoms with Gasteiger partial charge < -0.3 is 20.2 Å². The number of carbonyl (C=O) groups is 4. The van der Waals surface area contributed by atoms with Crippen LogP contribution >= 0.6 is 0 Å². The van der Waals surface area contributed by atoms with Gasteiger partial charge in [-0.05, 0) is 49.6 Å². The third-order valence-electron chi connectivity index (χ3n) is 6.14. The van der Waals surface area contributed by atoms with E-state index in [1.165, 1.54) is 34.1 Å². The minimum absolute atomic E-state index is 0.156. The molecule has 1 aliphatic heterocycles. The van der Waals surface area contributed by atoms with E-state index < -0.39 is 36.3 Å². The van der Waals surface area contributed by atoms with E-state index in [0.717, 1.165) is 18.4 Å². The SMILES string of the molecule is Cc1ccc(C(=O)N2CCN(C(=O)C3CC3)C2C(=O)NC(CC(=O)O)c2ccc(F)cc2)cc1. The van der Waals surface area contributed by atoms with Crippen LogP contribution in [0.25, 0.3) is 0 Å². The van der Waals surface area contributed by atoms with Gasteiger partial charge in [-0.25, -0.2) is 4.39 Å². The van der Waals surface area contributed by atoms with Gasteiger partial charge in [0, 0.05) is 24.6 Å². The van der Waals surface area contributed by atoms with Crippen molar-refractivity contribution in [1.29, 1.82) is 0 Å². The molecule has 0 aromatic heterocycles. The summed E-state index contributed by atoms with van der Waals surface area (Å²) in [6, 6.07) is 11.1. The Morgan fingerprint density at radius 1 is 1.00 bits per heavy atom. The minimum Gasteiger partial charge on any atom is -0.481 e. The van der Waals surface area contributed by atoms with Crippen molar-refractivity contribution in [3.05, 3.63) is 71.0 Å². The first-order valence-electron chi connectivity index (χ1n) is 11.2. The Bertz CT molecular complexity index is 1100. The summed E-state index contributed by atoms with van der Waals surface area (Å²) in [5.74, 6) is -3.02. The lowest BCUT2D eigenvalue weighted by Crippen LogP contribution is -2.54. The van der Waals surface area contributed by atoms with E-state index in [-0.39, 0.29) is 30.8 Å². The molecule has 2 atom stereocenters. The van der Waals surface area contributed by atoms with Crippen molar-refractivity contribution in [3.8, 4) is 0 Å². The molecule has 3 amide bonds. The van der Waals surface area contributed by atoms with Gasteiger partial charge in [-0.2, -0.15) is 0 Å². The number of aliphatic carboxylic acids is 1. The Labute approximate surface area is 196 Å². The molecule has 2 N–H and O–H groups in total. The maximum atomic E-state index is 13.5. The van der Waals surface area contributed by atoms with Crippen molar-refractivity contribution >= 4 is 23.7 Å². The first-order chi connectivity index (χ1) is 16.2. The van der Waals surface area contributed by atoms with Crippen molar-refractivity contribution in [2.45, 2.75) is 38.4 Å². The number of hydrogen-bond donors (Lipinski definition) is 2. The van der Waals surface area contributed by atoms with Crippen LogP contribution in [0, 0.1) is 18.7 Å². The zero-order chi connectivity index (χ0) is 24.4. The second kappa shape index (κ2) is 9.62. The zero-order valence-electron chi connectivity index (χ0n) is 18.7. The van der Waals surface area contributed by atoms with Gasteiger partial charge in [0.15, 0.2) is 6.17 Å². The summed E-state index contributed by atoms with van der Waals surface area (Å²) < 4.78 is 13.4. The molecule has 2 aromatic carbocycles. The van der Waals surface area contributed by atoms with Crippen molar-refractivity contribution in [2.24, 2.45) is 5.92 Å². The third-order valence-corrected chi connectivity index (χ3v) is 6.14. The Kier molecular flexibility index (Phi) is 6.63. The molecule has 2 fully saturated rings. The molecule has 4 rings (SSSR count). The van der Waals surface area contributed by atoms with E-state index in [2.05, 4.69) is 5.32 Å². The maximum Gasteiger partial charge on any atom is 0.305 e. The highest BCUT2D eigenvalue weighted by Crippen LogP contribution is 2.33. The van der Waals surface area contributed by atoms with Crippen LogP contribution in [-0.2, 0) is 14.4 Å². The van der Waals surface area contributed by atoms with Crippen molar-refractivity contribution in [2.75, 3.05) is 13.1 Å². The Hall–Kier alpha value is -3.75. The summed E-state index contributed by atoms with van der Waals surface area (Å²) >= 11 is 0. The first kappa shape index (κ1) is 23.4. The quantitative estimate of drug-likeness (QED) is 0.651. The highest BCUT2D eigenvalue weighted by atomic mass is 19.1. The number of benzene rings is 2. The van der Waals surface area contributed by atoms with E-state index in [4.69, 9.17) is 0 Å². The Morgan fingerprint density at radius 3 is 2.21 bits per heavy atom. The van der Waals surface area contributed by atoms with E-state index in [9.17, 15) is 28.7 Å². The van der Waals surface area contributed by atoms with Gasteiger partial charge in [0.2, 0.25) is 5.91 Å². The highest BCUT2D eigenvalue weighted by Gasteiger charge is 2.46. The standard InChI is InChI=1S/C25H26FN3O5/c1-15-2-4-17(5-3-15)24(33)28-12-13-29(25(34)18-6-7-18)23(28)22(32)27-20(14-21(30)31)16-8-10-19(26)11-9-16/h2-5,8-11,18,20,23H,6-7,12-14H2,1H3,(H,27,32)(H,30,31). The van der Waals surface area contributed by atoms with Crippen LogP contribution in [0.2, 0.25) is 0 Å². The normalized spacial score (nSPS) is 18.5. The molecule has 0 radical (unpaired) electrons. The lowest BCUT2D eigenvalue weighted by molar-refractivity contribution is -0.143. The number of carboxylic acid groups (broad SMARTS) is 1. The second-order valence-corrected chi connectivity index (χ2v) is 8.75. The number of aryl methyl sites for hydroxylation is 1. The monoisotopic (exact) mass is 467 g/mol. The lowest BCUT2D eigenvalue weighted by atomic mass is 10.0. The van der Waals surface area contributed by atoms with Gasteiger partial charge in [-0.1, -0.05) is 29.8 Å². The van der Waals surface area contributed by atoms with Crippen LogP contribution in [0.15, 0.2) is 48.5 Å². The molecule has 2 aliphatic rings. The van der Waals surface area contributed by atoms with Crippen LogP contribution in [0.5, 0.6) is 0 Å². The van der Waals surface area contributed by atoms with E-state index >= 15 is 0 Å². The molecule has 2 unspecified atom stereocenters. The fraction of sp³-hybridized carbons (Fsp3) is 0.360. The molecular weight excluding hydrogens is 441 g/mol. The number of amides is 3. The van der Waals surface area contributed by atoms with Crippen LogP contribution < -0.4 is 5.32 Å². The van der Waals surface area contributed by atoms with Crippen molar-refractivity contribution in [3.63, 3.8) is 0 Å². The number of carbonyl (C=O) groups excluding carboxylic acids is 3. The predicted molar refractivity (Wildman–Crippen MR) is 120 cm³/mol. The molecule has 34 heavy (non-hydrogen) atoms. The third kappa shape index (κ3) is 5.08. The molecule has 0 spiro atoms. The van der Waals surface area contributed by atoms with Crippen LogP contribution in [0.4, 0.5) is 4.39 Å². The molecule has 1 saturated heterocycles. The highest BCUT2D eigenvalue weighted by molar-refractivity contribution is 5.99. The number of hydrogen-bond acceptors (Lipinski definition) is 4. The van der Waals surface area contributed by atoms with Crippen LogP contribution in [0.3, 0.4) is 0 Å². The van der Waals surface area contributed by atoms with Crippen molar-refractivity contribution in [1.82, 2.24) is 15.1 Å². The second-order valence-electron chi connectivity index (χ2n) is 8.75. The number of nitrogens with zero attached hydrogens (tertiary/aromatic N) is 2.